The molecule has 0 saturated heterocycles. The molecule has 9 N–H and O–H groups in total. The third-order valence-corrected chi connectivity index (χ3v) is 22.2. The first-order valence-electron chi connectivity index (χ1n) is 43.5. The largest absolute Gasteiger partial charge is 1.00 e. The minimum Gasteiger partial charge on any atom is -1.00 e. The summed E-state index contributed by atoms with van der Waals surface area (Å²) in [5, 5.41) is 49.1. The predicted molar refractivity (Wildman–Crippen MR) is 475 cm³/mol. The van der Waals surface area contributed by atoms with Crippen LogP contribution in [0.2, 0.25) is 0 Å². The Bertz CT molecular complexity index is 5330. The topological polar surface area (TPSA) is 654 Å². The number of anilines is 2. The van der Waals surface area contributed by atoms with Crippen LogP contribution in [0.25, 0.3) is 11.0 Å². The van der Waals surface area contributed by atoms with Crippen molar-refractivity contribution in [2.45, 2.75) is 271 Å². The van der Waals surface area contributed by atoms with Gasteiger partial charge in [0.05, 0.1) is 24.6 Å². The maximum atomic E-state index is 12.2. The second-order valence-corrected chi connectivity index (χ2v) is 31.5. The number of nitrogens with zero attached hydrogens (tertiary/aromatic N) is 7. The summed E-state index contributed by atoms with van der Waals surface area (Å²) >= 11 is 0. The van der Waals surface area contributed by atoms with Crippen LogP contribution in [0.15, 0.2) is 104 Å². The van der Waals surface area contributed by atoms with Gasteiger partial charge in [-0.15, -0.1) is 17.4 Å². The number of isocyanates is 1. The van der Waals surface area contributed by atoms with Crippen molar-refractivity contribution < 1.29 is 228 Å². The molecule has 4 amide bonds. The number of hydrogen-bond donors (Lipinski definition) is 7. The number of Topliss-reactive ketones (excluding diaryl/α,β-unsaturated/α-hetero) is 8. The van der Waals surface area contributed by atoms with E-state index in [1.54, 1.807) is 87.5 Å². The maximum absolute atomic E-state index is 12.2. The van der Waals surface area contributed by atoms with Crippen molar-refractivity contribution >= 4 is 129 Å². The van der Waals surface area contributed by atoms with E-state index in [1.807, 2.05) is 0 Å². The van der Waals surface area contributed by atoms with Gasteiger partial charge < -0.3 is 64.9 Å². The zero-order valence-corrected chi connectivity index (χ0v) is 84.5. The third-order valence-electron chi connectivity index (χ3n) is 22.2. The molecule has 7 saturated carbocycles. The van der Waals surface area contributed by atoms with Gasteiger partial charge in [-0.25, -0.2) is 29.9 Å². The van der Waals surface area contributed by atoms with Gasteiger partial charge in [-0.2, -0.15) is 0 Å². The Morgan fingerprint density at radius 2 is 0.970 bits per heavy atom. The number of rotatable bonds is 22. The number of carbonyl (C=O) groups excluding carboxylic acids is 15. The number of carbonyl (C=O) groups is 14. The van der Waals surface area contributed by atoms with Gasteiger partial charge in [0.1, 0.15) is 39.9 Å². The van der Waals surface area contributed by atoms with Crippen LogP contribution < -0.4 is 142 Å². The van der Waals surface area contributed by atoms with Gasteiger partial charge >= 0.3 is 132 Å². The Kier molecular flexibility index (Phi) is 58.7. The molecule has 0 atom stereocenters. The first-order chi connectivity index (χ1) is 63.3. The molecule has 135 heavy (non-hydrogen) atoms. The standard InChI is InChI=1S/C18H19N3O4.C11H16O4.C10H11N3O3.C10H12N2O4.C10H14N2O2.C10H13NO2.C8H5NO2.C7H12O.C5H8O3.CH2O3.ClH.2K.H3NO.H/c1-11(22)14-15(16(25-21-14)12-7-5-6-8-12)19-18(24)20-17(23)13-9-3-2-4-10-13;1-2-15-11(14)10(13)7-9(12)8-5-3-4-6-8;14-9-7-6(11-10(15)12-9)8(16-13-7)5-3-1-2-4-5;1-6(13)8-9(12(14)15)10(16-11-8)7-4-2-3-5-7;1-6(13)9-8(11)10(14-12-9)7-4-2-3-5-7;1-7(12)9-6-10(13-11-9)8-4-2-3-5-8;10-6-9-8(11)7-4-2-1-3-5-7;1-6(8)7-4-2-3-5-7;1-3-8-5(7)4(2)6;2-1-4-3;;;;1-2;/h2-4,9-10,12H,5-8H2,1H3,(H2,19,20,23,24);8H,2-7H2,1H3;5H,1-4H2,(H2,11,12,14,15);7H,2-5H2,1H3;7H,2-5,11H2,1H3;6,8H,2-5H2,1H3;1-5H;7H,2-5H2,1H3;3H2,1-2H3;1,3H;1H;;;2H,1H2;/q;;;;;;;;;;;2*+1;;-1/p-1. The number of ether oxygens (including phenoxy) is 2. The smallest absolute Gasteiger partial charge is 1.00 e. The van der Waals surface area contributed by atoms with Crippen molar-refractivity contribution in [2.24, 2.45) is 22.7 Å². The van der Waals surface area contributed by atoms with Crippen LogP contribution in [0.1, 0.15) is 364 Å². The minimum absolute atomic E-state index is 0. The number of nitrogen functional groups attached to an aromatic ring is 1. The summed E-state index contributed by atoms with van der Waals surface area (Å²) in [5.74, 6) is 3.68. The number of nitro groups is 1. The molecule has 7 aliphatic carbocycles. The molecule has 0 unspecified atom stereocenters. The number of imide groups is 1. The van der Waals surface area contributed by atoms with E-state index in [-0.39, 0.29) is 229 Å². The first kappa shape index (κ1) is 121. The molecule has 0 spiro atoms. The summed E-state index contributed by atoms with van der Waals surface area (Å²) in [4.78, 5) is 206. The summed E-state index contributed by atoms with van der Waals surface area (Å²) < 4.78 is 34.6. The summed E-state index contributed by atoms with van der Waals surface area (Å²) in [5.41, 5.74) is 7.34. The molecule has 7 aliphatic rings. The number of aromatic amines is 2. The number of nitrogens with one attached hydrogen (secondary N) is 4. The Hall–Kier alpha value is -10.2. The van der Waals surface area contributed by atoms with E-state index >= 15 is 0 Å². The number of nitrogens with two attached hydrogens (primary N) is 2. The number of aromatic nitrogens is 7. The number of amides is 4. The van der Waals surface area contributed by atoms with E-state index in [2.05, 4.69) is 71.6 Å². The quantitative estimate of drug-likeness (QED) is 0.00288. The number of urea groups is 1. The van der Waals surface area contributed by atoms with Gasteiger partial charge in [-0.3, -0.25) is 77.9 Å². The van der Waals surface area contributed by atoms with E-state index < -0.39 is 63.3 Å². The van der Waals surface area contributed by atoms with Gasteiger partial charge in [0.25, 0.3) is 23.8 Å². The molecule has 8 aromatic rings. The molecule has 2 aromatic carbocycles. The molecule has 6 heterocycles. The van der Waals surface area contributed by atoms with E-state index in [0.717, 1.165) is 134 Å². The summed E-state index contributed by atoms with van der Waals surface area (Å²) in [6, 6.07) is 17.8. The molecular formula is C90H116ClK2N13O29. The van der Waals surface area contributed by atoms with E-state index in [1.165, 1.54) is 92.1 Å². The molecule has 0 bridgehead atoms. The molecule has 42 nitrogen and oxygen atoms in total. The van der Waals surface area contributed by atoms with E-state index in [4.69, 9.17) is 43.6 Å². The number of esters is 2. The van der Waals surface area contributed by atoms with Gasteiger partial charge in [0, 0.05) is 93.2 Å². The summed E-state index contributed by atoms with van der Waals surface area (Å²) in [7, 11) is 0. The van der Waals surface area contributed by atoms with Crippen molar-refractivity contribution in [1.82, 2.24) is 41.1 Å². The van der Waals surface area contributed by atoms with Crippen LogP contribution in [-0.2, 0) is 52.7 Å². The summed E-state index contributed by atoms with van der Waals surface area (Å²) in [6.07, 6.45) is 31.2. The molecule has 0 radical (unpaired) electrons. The molecular weight excluding hydrogens is 1840 g/mol. The number of halogens is 1. The number of H-pyrrole nitrogens is 2. The molecule has 6 aromatic heterocycles. The van der Waals surface area contributed by atoms with Crippen molar-refractivity contribution in [3.05, 3.63) is 160 Å². The summed E-state index contributed by atoms with van der Waals surface area (Å²) in [6.45, 7) is 12.0. The zero-order chi connectivity index (χ0) is 97.4. The number of fused-ring (bicyclic) bond motifs is 1. The monoisotopic (exact) mass is 1960 g/mol. The van der Waals surface area contributed by atoms with Crippen molar-refractivity contribution in [3.63, 3.8) is 0 Å². The number of ketones is 8. The Morgan fingerprint density at radius 1 is 0.556 bits per heavy atom. The van der Waals surface area contributed by atoms with Crippen LogP contribution in [0, 0.1) is 22.0 Å². The van der Waals surface area contributed by atoms with Gasteiger partial charge in [0.2, 0.25) is 29.1 Å². The molecule has 724 valence electrons. The van der Waals surface area contributed by atoms with Gasteiger partial charge in [-0.1, -0.05) is 152 Å². The van der Waals surface area contributed by atoms with Crippen molar-refractivity contribution in [2.75, 3.05) is 24.3 Å². The third kappa shape index (κ3) is 40.2. The van der Waals surface area contributed by atoms with Gasteiger partial charge in [-0.05, 0) is 135 Å². The average Bonchev–Trinajstić information content (AvgIpc) is 1.61. The average molecular weight is 1960 g/mol. The molecule has 45 heteroatoms. The van der Waals surface area contributed by atoms with E-state index in [0.29, 0.717) is 68.8 Å². The van der Waals surface area contributed by atoms with Gasteiger partial charge in [0.15, 0.2) is 57.3 Å². The molecule has 15 rings (SSSR count). The normalized spacial score (nSPS) is 14.7. The SMILES string of the molecule is CC(=O)C1CCCC1.CC(=O)c1cc(C2CCCC2)on1.CC(=O)c1noc(C2CCCC2)c1N.CC(=O)c1noc(C2CCCC2)c1NC(=O)NC(=O)c1ccccc1.CC(=O)c1noc(C2CCCC2)c1[N+](=O)[O-].CCOC(=O)C(=O)CC(=O)C1CCCC1.CCOC(=O)C(C)=O.Cl.NO.O=C=NC(=O)c1ccccc1.O=CO[O-].O=c1[nH]c(=O)c2noc(C3CCCC3)c2[nH]1.[H-].[K+].[K+]. The van der Waals surface area contributed by atoms with Crippen LogP contribution in [-0.4, -0.2) is 148 Å². The number of aliphatic imine (C=N–C) groups is 1. The Morgan fingerprint density at radius 3 is 1.39 bits per heavy atom. The van der Waals surface area contributed by atoms with Crippen LogP contribution in [0.4, 0.5) is 21.9 Å². The number of hydrogen-bond acceptors (Lipinski definition) is 36. The predicted octanol–water partition coefficient (Wildman–Crippen LogP) is 8.10. The molecule has 7 fully saturated rings. The fourth-order valence-corrected chi connectivity index (χ4v) is 15.5. The first-order valence-corrected chi connectivity index (χ1v) is 43.5. The zero-order valence-electron chi connectivity index (χ0n) is 78.5. The number of benzene rings is 2. The fourth-order valence-electron chi connectivity index (χ4n) is 15.5. The Balaban J connectivity index is 0.000000769. The second kappa shape index (κ2) is 65.5. The Labute approximate surface area is 868 Å². The van der Waals surface area contributed by atoms with Crippen LogP contribution in [0.3, 0.4) is 0 Å². The van der Waals surface area contributed by atoms with Crippen molar-refractivity contribution in [3.8, 4) is 0 Å². The molecule has 0 aliphatic heterocycles. The maximum Gasteiger partial charge on any atom is 1.00 e. The fraction of sp³-hybridized carbons (Fsp3) is 0.511. The van der Waals surface area contributed by atoms with E-state index in [9.17, 15) is 86.8 Å². The minimum atomic E-state index is -0.885. The van der Waals surface area contributed by atoms with Crippen LogP contribution in [0.5, 0.6) is 0 Å². The van der Waals surface area contributed by atoms with Crippen LogP contribution >= 0.6 is 12.4 Å². The van der Waals surface area contributed by atoms with Crippen molar-refractivity contribution in [1.29, 1.82) is 0 Å². The second-order valence-electron chi connectivity index (χ2n) is 31.5.